The fraction of sp³-hybridized carbons (Fsp3) is 0.333. The molecule has 0 amide bonds. The van der Waals surface area contributed by atoms with Crippen molar-refractivity contribution in [3.8, 4) is 0 Å². The van der Waals surface area contributed by atoms with Crippen LogP contribution in [0.25, 0.3) is 0 Å². The molecule has 0 aliphatic heterocycles. The normalized spacial score (nSPS) is 13.2. The maximum atomic E-state index is 4.47. The van der Waals surface area contributed by atoms with Gasteiger partial charge >= 0.3 is 0 Å². The summed E-state index contributed by atoms with van der Waals surface area (Å²) in [6.07, 6.45) is 12.4. The average molecular weight is 308 g/mol. The minimum atomic E-state index is 0.912. The van der Waals surface area contributed by atoms with E-state index in [0.717, 1.165) is 48.2 Å². The van der Waals surface area contributed by atoms with E-state index in [9.17, 15) is 0 Å². The van der Waals surface area contributed by atoms with E-state index in [0.29, 0.717) is 0 Å². The molecule has 1 aromatic rings. The third-order valence-corrected chi connectivity index (χ3v) is 3.48. The molecule has 2 heteroatoms. The molecular weight excluding hydrogens is 280 g/mol. The minimum absolute atomic E-state index is 0.912. The highest BCUT2D eigenvalue weighted by Gasteiger charge is 2.02. The van der Waals surface area contributed by atoms with E-state index in [4.69, 9.17) is 0 Å². The van der Waals surface area contributed by atoms with Gasteiger partial charge in [-0.1, -0.05) is 74.6 Å². The van der Waals surface area contributed by atoms with Gasteiger partial charge in [0.1, 0.15) is 0 Å². The van der Waals surface area contributed by atoms with Crippen molar-refractivity contribution >= 4 is 11.4 Å². The molecule has 0 radical (unpaired) electrons. The van der Waals surface area contributed by atoms with Crippen LogP contribution in [-0.4, -0.2) is 11.4 Å². The summed E-state index contributed by atoms with van der Waals surface area (Å²) < 4.78 is 0. The van der Waals surface area contributed by atoms with E-state index < -0.39 is 0 Å². The van der Waals surface area contributed by atoms with Crippen LogP contribution in [0.2, 0.25) is 0 Å². The van der Waals surface area contributed by atoms with Gasteiger partial charge in [0.25, 0.3) is 0 Å². The highest BCUT2D eigenvalue weighted by atomic mass is 15.2. The largest absolute Gasteiger partial charge is 0.155 e. The van der Waals surface area contributed by atoms with Crippen LogP contribution in [0.5, 0.6) is 0 Å². The standard InChI is InChI=1S/C21H28N2/c1-5-7-9-11-14-18(3)21(17-8-6-2)23-22-19(4)20-15-12-10-13-16-20/h5,7,10-16H,3,6,8-9,17H2,1-2,4H3/b7-5-,14-11-,22-19+,23-21+. The van der Waals surface area contributed by atoms with E-state index in [2.05, 4.69) is 35.9 Å². The maximum Gasteiger partial charge on any atom is 0.0696 e. The average Bonchev–Trinajstić information content (AvgIpc) is 2.59. The van der Waals surface area contributed by atoms with Crippen LogP contribution >= 0.6 is 0 Å². The van der Waals surface area contributed by atoms with Crippen LogP contribution in [0.3, 0.4) is 0 Å². The fourth-order valence-corrected chi connectivity index (χ4v) is 2.01. The van der Waals surface area contributed by atoms with Crippen molar-refractivity contribution in [3.05, 3.63) is 72.4 Å². The highest BCUT2D eigenvalue weighted by molar-refractivity contribution is 6.03. The summed E-state index contributed by atoms with van der Waals surface area (Å²) in [5, 5.41) is 8.88. The molecule has 122 valence electrons. The molecule has 0 heterocycles. The number of hydrogen-bond donors (Lipinski definition) is 0. The second-order valence-corrected chi connectivity index (χ2v) is 5.43. The third-order valence-electron chi connectivity index (χ3n) is 3.48. The van der Waals surface area contributed by atoms with Gasteiger partial charge < -0.3 is 0 Å². The first-order chi connectivity index (χ1) is 11.2. The van der Waals surface area contributed by atoms with Crippen molar-refractivity contribution in [3.63, 3.8) is 0 Å². The van der Waals surface area contributed by atoms with Crippen LogP contribution in [0, 0.1) is 0 Å². The monoisotopic (exact) mass is 308 g/mol. The van der Waals surface area contributed by atoms with Gasteiger partial charge in [0, 0.05) is 0 Å². The van der Waals surface area contributed by atoms with Crippen molar-refractivity contribution < 1.29 is 0 Å². The number of allylic oxidation sites excluding steroid dienone is 5. The second kappa shape index (κ2) is 11.4. The van der Waals surface area contributed by atoms with Gasteiger partial charge in [-0.25, -0.2) is 0 Å². The van der Waals surface area contributed by atoms with E-state index in [-0.39, 0.29) is 0 Å². The van der Waals surface area contributed by atoms with Crippen LogP contribution in [-0.2, 0) is 0 Å². The van der Waals surface area contributed by atoms with Gasteiger partial charge in [0.15, 0.2) is 0 Å². The van der Waals surface area contributed by atoms with E-state index in [1.165, 1.54) is 0 Å². The van der Waals surface area contributed by atoms with E-state index in [1.54, 1.807) is 0 Å². The lowest BCUT2D eigenvalue weighted by molar-refractivity contribution is 0.832. The first kappa shape index (κ1) is 18.8. The summed E-state index contributed by atoms with van der Waals surface area (Å²) in [5.74, 6) is 0. The molecule has 1 rings (SSSR count). The lowest BCUT2D eigenvalue weighted by Gasteiger charge is -2.04. The predicted octanol–water partition coefficient (Wildman–Crippen LogP) is 6.12. The Morgan fingerprint density at radius 1 is 1.13 bits per heavy atom. The maximum absolute atomic E-state index is 4.47. The molecule has 0 unspecified atom stereocenters. The van der Waals surface area contributed by atoms with Crippen molar-refractivity contribution in [1.29, 1.82) is 0 Å². The summed E-state index contributed by atoms with van der Waals surface area (Å²) in [6, 6.07) is 10.1. The molecule has 0 saturated heterocycles. The Balaban J connectivity index is 2.87. The topological polar surface area (TPSA) is 24.7 Å². The minimum Gasteiger partial charge on any atom is -0.155 e. The number of rotatable bonds is 9. The Bertz CT molecular complexity index is 590. The second-order valence-electron chi connectivity index (χ2n) is 5.43. The van der Waals surface area contributed by atoms with Crippen molar-refractivity contribution in [2.24, 2.45) is 10.2 Å². The Hall–Kier alpha value is -2.22. The Morgan fingerprint density at radius 2 is 1.87 bits per heavy atom. The Kier molecular flexibility index (Phi) is 9.30. The molecule has 0 spiro atoms. The molecule has 2 nitrogen and oxygen atoms in total. The number of hydrogen-bond acceptors (Lipinski definition) is 2. The molecule has 0 aliphatic rings. The SMILES string of the molecule is C=C(/C=C\C/C=C\C)/C(CCCC)=N/N=C(\C)c1ccccc1. The fourth-order valence-electron chi connectivity index (χ4n) is 2.01. The first-order valence-electron chi connectivity index (χ1n) is 8.32. The van der Waals surface area contributed by atoms with E-state index in [1.807, 2.05) is 56.3 Å². The van der Waals surface area contributed by atoms with Crippen molar-refractivity contribution in [1.82, 2.24) is 0 Å². The predicted molar refractivity (Wildman–Crippen MR) is 103 cm³/mol. The Labute approximate surface area is 141 Å². The van der Waals surface area contributed by atoms with Gasteiger partial charge in [-0.2, -0.15) is 10.2 Å². The number of nitrogens with zero attached hydrogens (tertiary/aromatic N) is 2. The van der Waals surface area contributed by atoms with Crippen LogP contribution in [0.1, 0.15) is 52.0 Å². The summed E-state index contributed by atoms with van der Waals surface area (Å²) in [7, 11) is 0. The third kappa shape index (κ3) is 7.55. The summed E-state index contributed by atoms with van der Waals surface area (Å²) in [5.41, 5.74) is 3.94. The van der Waals surface area contributed by atoms with E-state index >= 15 is 0 Å². The molecular formula is C21H28N2. The molecule has 0 saturated carbocycles. The molecule has 1 aromatic carbocycles. The lowest BCUT2D eigenvalue weighted by atomic mass is 10.1. The van der Waals surface area contributed by atoms with Crippen LogP contribution < -0.4 is 0 Å². The summed E-state index contributed by atoms with van der Waals surface area (Å²) >= 11 is 0. The van der Waals surface area contributed by atoms with Gasteiger partial charge in [0.2, 0.25) is 0 Å². The van der Waals surface area contributed by atoms with Crippen molar-refractivity contribution in [2.75, 3.05) is 0 Å². The van der Waals surface area contributed by atoms with Crippen LogP contribution in [0.15, 0.2) is 77.0 Å². The molecule has 0 fully saturated rings. The highest BCUT2D eigenvalue weighted by Crippen LogP contribution is 2.09. The number of benzene rings is 1. The van der Waals surface area contributed by atoms with Gasteiger partial charge in [0.05, 0.1) is 11.4 Å². The summed E-state index contributed by atoms with van der Waals surface area (Å²) in [4.78, 5) is 0. The Morgan fingerprint density at radius 3 is 2.52 bits per heavy atom. The quantitative estimate of drug-likeness (QED) is 0.227. The molecule has 0 bridgehead atoms. The van der Waals surface area contributed by atoms with Gasteiger partial charge in [-0.15, -0.1) is 0 Å². The number of unbranched alkanes of at least 4 members (excludes halogenated alkanes) is 1. The molecule has 23 heavy (non-hydrogen) atoms. The van der Waals surface area contributed by atoms with Gasteiger partial charge in [-0.05, 0) is 44.2 Å². The first-order valence-corrected chi connectivity index (χ1v) is 8.32. The summed E-state index contributed by atoms with van der Waals surface area (Å²) in [6.45, 7) is 10.3. The lowest BCUT2D eigenvalue weighted by Crippen LogP contribution is -2.01. The zero-order valence-corrected chi connectivity index (χ0v) is 14.6. The molecule has 0 aliphatic carbocycles. The molecule has 0 aromatic heterocycles. The zero-order chi connectivity index (χ0) is 16.9. The smallest absolute Gasteiger partial charge is 0.0696 e. The molecule has 0 atom stereocenters. The van der Waals surface area contributed by atoms with Crippen LogP contribution in [0.4, 0.5) is 0 Å². The van der Waals surface area contributed by atoms with Crippen molar-refractivity contribution in [2.45, 2.75) is 46.5 Å². The van der Waals surface area contributed by atoms with Gasteiger partial charge in [-0.3, -0.25) is 0 Å². The zero-order valence-electron chi connectivity index (χ0n) is 14.6. The molecule has 0 N–H and O–H groups in total.